The van der Waals surface area contributed by atoms with Gasteiger partial charge >= 0.3 is 0 Å². The van der Waals surface area contributed by atoms with Crippen molar-refractivity contribution < 1.29 is 0 Å². The molecule has 0 radical (unpaired) electrons. The number of nitrogens with one attached hydrogen (secondary N) is 1. The third-order valence-electron chi connectivity index (χ3n) is 2.32. The summed E-state index contributed by atoms with van der Waals surface area (Å²) < 4.78 is 0. The van der Waals surface area contributed by atoms with Gasteiger partial charge in [-0.05, 0) is 23.7 Å². The Morgan fingerprint density at radius 2 is 2.41 bits per heavy atom. The average Bonchev–Trinajstić information content (AvgIpc) is 2.36. The Kier molecular flexibility index (Phi) is 5.42. The maximum atomic E-state index is 10.3. The smallest absolute Gasteiger partial charge is 0.129 e. The minimum Gasteiger partial charge on any atom is -0.373 e. The number of hydrogen-bond donors (Lipinski definition) is 1. The van der Waals surface area contributed by atoms with Gasteiger partial charge in [0.1, 0.15) is 17.2 Å². The lowest BCUT2D eigenvalue weighted by Gasteiger charge is -2.24. The fourth-order valence-electron chi connectivity index (χ4n) is 1.44. The van der Waals surface area contributed by atoms with Gasteiger partial charge in [0.25, 0.3) is 0 Å². The van der Waals surface area contributed by atoms with Crippen molar-refractivity contribution in [3.63, 3.8) is 0 Å². The van der Waals surface area contributed by atoms with Crippen LogP contribution >= 0.6 is 11.6 Å². The number of pyridine rings is 1. The lowest BCUT2D eigenvalue weighted by molar-refractivity contribution is 0.333. The van der Waals surface area contributed by atoms with Gasteiger partial charge in [0.15, 0.2) is 0 Å². The molecule has 1 rings (SSSR count). The predicted molar refractivity (Wildman–Crippen MR) is 68.3 cm³/mol. The molecule has 0 bridgehead atoms. The van der Waals surface area contributed by atoms with Crippen molar-refractivity contribution in [3.8, 4) is 0 Å². The Morgan fingerprint density at radius 3 is 2.88 bits per heavy atom. The van der Waals surface area contributed by atoms with Crippen LogP contribution in [0.1, 0.15) is 12.5 Å². The molecule has 0 saturated heterocycles. The molecule has 1 aromatic rings. The SMILES string of the molecule is CCN(Cc1ccc(Cl)nc1)/C(=C/N=O)NC. The molecule has 17 heavy (non-hydrogen) atoms. The molecule has 92 valence electrons. The van der Waals surface area contributed by atoms with Crippen LogP contribution in [0.4, 0.5) is 0 Å². The van der Waals surface area contributed by atoms with Crippen molar-refractivity contribution in [1.82, 2.24) is 15.2 Å². The van der Waals surface area contributed by atoms with Crippen LogP contribution in [0, 0.1) is 4.91 Å². The summed E-state index contributed by atoms with van der Waals surface area (Å²) in [6.45, 7) is 3.40. The quantitative estimate of drug-likeness (QED) is 0.625. The molecule has 0 fully saturated rings. The second-order valence-electron chi connectivity index (χ2n) is 3.37. The Morgan fingerprint density at radius 1 is 1.65 bits per heavy atom. The minimum atomic E-state index is 0.468. The van der Waals surface area contributed by atoms with E-state index in [4.69, 9.17) is 11.6 Å². The van der Waals surface area contributed by atoms with Crippen LogP contribution in [0.25, 0.3) is 0 Å². The first-order valence-electron chi connectivity index (χ1n) is 5.27. The zero-order chi connectivity index (χ0) is 12.7. The van der Waals surface area contributed by atoms with E-state index in [1.54, 1.807) is 19.3 Å². The molecule has 1 heterocycles. The summed E-state index contributed by atoms with van der Waals surface area (Å²) in [6, 6.07) is 3.64. The normalized spacial score (nSPS) is 11.1. The van der Waals surface area contributed by atoms with Crippen molar-refractivity contribution >= 4 is 11.6 Å². The number of nitrogens with zero attached hydrogens (tertiary/aromatic N) is 3. The third kappa shape index (κ3) is 4.03. The number of hydrogen-bond acceptors (Lipinski definition) is 5. The van der Waals surface area contributed by atoms with E-state index in [9.17, 15) is 4.91 Å². The van der Waals surface area contributed by atoms with Gasteiger partial charge < -0.3 is 10.2 Å². The molecule has 1 aromatic heterocycles. The van der Waals surface area contributed by atoms with Crippen LogP contribution in [0.2, 0.25) is 5.15 Å². The second-order valence-corrected chi connectivity index (χ2v) is 3.76. The maximum absolute atomic E-state index is 10.3. The van der Waals surface area contributed by atoms with E-state index in [1.807, 2.05) is 17.9 Å². The first-order chi connectivity index (χ1) is 8.21. The van der Waals surface area contributed by atoms with Crippen molar-refractivity contribution in [2.75, 3.05) is 13.6 Å². The standard InChI is InChI=1S/C11H15ClN4O/c1-3-16(11(13-2)7-15-17)8-9-4-5-10(12)14-6-9/h4-7,13H,3,8H2,1-2H3/b11-7+. The molecule has 6 heteroatoms. The summed E-state index contributed by atoms with van der Waals surface area (Å²) >= 11 is 5.72. The summed E-state index contributed by atoms with van der Waals surface area (Å²) in [5, 5.41) is 6.18. The summed E-state index contributed by atoms with van der Waals surface area (Å²) in [7, 11) is 1.75. The Balaban J connectivity index is 2.78. The van der Waals surface area contributed by atoms with E-state index in [1.165, 1.54) is 6.20 Å². The lowest BCUT2D eigenvalue weighted by Crippen LogP contribution is -2.29. The van der Waals surface area contributed by atoms with Crippen LogP contribution in [0.3, 0.4) is 0 Å². The molecule has 0 aliphatic rings. The maximum Gasteiger partial charge on any atom is 0.129 e. The highest BCUT2D eigenvalue weighted by Crippen LogP contribution is 2.10. The highest BCUT2D eigenvalue weighted by molar-refractivity contribution is 6.29. The van der Waals surface area contributed by atoms with Gasteiger partial charge in [-0.25, -0.2) is 4.98 Å². The fraction of sp³-hybridized carbons (Fsp3) is 0.364. The predicted octanol–water partition coefficient (Wildman–Crippen LogP) is 2.34. The zero-order valence-corrected chi connectivity index (χ0v) is 10.6. The third-order valence-corrected chi connectivity index (χ3v) is 2.54. The van der Waals surface area contributed by atoms with E-state index >= 15 is 0 Å². The molecule has 0 atom stereocenters. The molecule has 1 N–H and O–H groups in total. The van der Waals surface area contributed by atoms with Crippen molar-refractivity contribution in [1.29, 1.82) is 0 Å². The summed E-state index contributed by atoms with van der Waals surface area (Å²) in [5.74, 6) is 0.678. The molecule has 0 amide bonds. The van der Waals surface area contributed by atoms with Gasteiger partial charge in [0.05, 0.1) is 0 Å². The first-order valence-corrected chi connectivity index (χ1v) is 5.64. The molecular weight excluding hydrogens is 240 g/mol. The topological polar surface area (TPSA) is 57.6 Å². The number of rotatable bonds is 6. The fourth-order valence-corrected chi connectivity index (χ4v) is 1.55. The zero-order valence-electron chi connectivity index (χ0n) is 9.85. The van der Waals surface area contributed by atoms with Gasteiger partial charge in [-0.3, -0.25) is 0 Å². The van der Waals surface area contributed by atoms with Crippen LogP contribution in [0.15, 0.2) is 35.5 Å². The number of aromatic nitrogens is 1. The molecule has 0 aromatic carbocycles. The van der Waals surface area contributed by atoms with Gasteiger partial charge in [-0.1, -0.05) is 17.7 Å². The molecule has 0 spiro atoms. The van der Waals surface area contributed by atoms with Crippen LogP contribution in [-0.2, 0) is 6.54 Å². The van der Waals surface area contributed by atoms with E-state index in [0.717, 1.165) is 12.1 Å². The molecule has 0 unspecified atom stereocenters. The van der Waals surface area contributed by atoms with Gasteiger partial charge in [-0.2, -0.15) is 0 Å². The van der Waals surface area contributed by atoms with Crippen molar-refractivity contribution in [2.24, 2.45) is 5.18 Å². The monoisotopic (exact) mass is 254 g/mol. The van der Waals surface area contributed by atoms with E-state index in [2.05, 4.69) is 15.5 Å². The van der Waals surface area contributed by atoms with E-state index in [0.29, 0.717) is 17.5 Å². The lowest BCUT2D eigenvalue weighted by atomic mass is 10.2. The summed E-state index contributed by atoms with van der Waals surface area (Å²) in [6.07, 6.45) is 2.97. The van der Waals surface area contributed by atoms with Crippen LogP contribution in [-0.4, -0.2) is 23.5 Å². The van der Waals surface area contributed by atoms with E-state index in [-0.39, 0.29) is 0 Å². The Bertz CT molecular complexity index is 391. The van der Waals surface area contributed by atoms with Crippen LogP contribution in [0.5, 0.6) is 0 Å². The van der Waals surface area contributed by atoms with Crippen molar-refractivity contribution in [2.45, 2.75) is 13.5 Å². The van der Waals surface area contributed by atoms with E-state index < -0.39 is 0 Å². The largest absolute Gasteiger partial charge is 0.373 e. The van der Waals surface area contributed by atoms with Crippen LogP contribution < -0.4 is 5.32 Å². The first kappa shape index (κ1) is 13.4. The van der Waals surface area contributed by atoms with Crippen molar-refractivity contribution in [3.05, 3.63) is 46.0 Å². The number of nitroso groups, excluding NO2 is 1. The molecule has 0 aliphatic heterocycles. The Hall–Kier alpha value is -1.62. The summed E-state index contributed by atoms with van der Waals surface area (Å²) in [4.78, 5) is 16.3. The van der Waals surface area contributed by atoms with Gasteiger partial charge in [0.2, 0.25) is 0 Å². The molecular formula is C11H15ClN4O. The number of halogens is 1. The van der Waals surface area contributed by atoms with Gasteiger partial charge in [0, 0.05) is 26.3 Å². The Labute approximate surface area is 105 Å². The highest BCUT2D eigenvalue weighted by Gasteiger charge is 2.07. The molecule has 0 saturated carbocycles. The molecule has 5 nitrogen and oxygen atoms in total. The van der Waals surface area contributed by atoms with Gasteiger partial charge in [-0.15, -0.1) is 4.91 Å². The highest BCUT2D eigenvalue weighted by atomic mass is 35.5. The minimum absolute atomic E-state index is 0.468. The molecule has 0 aliphatic carbocycles. The average molecular weight is 255 g/mol. The second kappa shape index (κ2) is 6.85. The summed E-state index contributed by atoms with van der Waals surface area (Å²) in [5.41, 5.74) is 1.02.